The Hall–Kier alpha value is -3.35. The molecule has 0 saturated heterocycles. The van der Waals surface area contributed by atoms with Gasteiger partial charge in [0.25, 0.3) is 5.91 Å². The molecular formula is C31H45N3O4. The van der Waals surface area contributed by atoms with Gasteiger partial charge in [0.1, 0.15) is 17.7 Å². The van der Waals surface area contributed by atoms with Crippen LogP contribution in [-0.2, 0) is 14.3 Å². The second-order valence-electron chi connectivity index (χ2n) is 11.1. The van der Waals surface area contributed by atoms with E-state index in [1.54, 1.807) is 25.7 Å². The van der Waals surface area contributed by atoms with E-state index in [1.807, 2.05) is 84.9 Å². The minimum Gasteiger partial charge on any atom is -0.444 e. The first-order chi connectivity index (χ1) is 17.7. The number of amides is 3. The summed E-state index contributed by atoms with van der Waals surface area (Å²) in [7, 11) is 0. The summed E-state index contributed by atoms with van der Waals surface area (Å²) in [5.74, 6) is -0.795. The summed E-state index contributed by atoms with van der Waals surface area (Å²) in [6.45, 7) is 19.1. The van der Waals surface area contributed by atoms with E-state index in [1.165, 1.54) is 0 Å². The van der Waals surface area contributed by atoms with Gasteiger partial charge in [-0.3, -0.25) is 9.59 Å². The Labute approximate surface area is 228 Å². The van der Waals surface area contributed by atoms with Gasteiger partial charge in [-0.05, 0) is 89.1 Å². The number of alkyl carbamates (subject to hydrolysis) is 1. The van der Waals surface area contributed by atoms with Crippen molar-refractivity contribution in [2.75, 3.05) is 11.9 Å². The summed E-state index contributed by atoms with van der Waals surface area (Å²) in [6, 6.07) is 9.94. The van der Waals surface area contributed by atoms with Crippen LogP contribution in [0.1, 0.15) is 81.8 Å². The summed E-state index contributed by atoms with van der Waals surface area (Å²) in [6.07, 6.45) is 0.00249. The van der Waals surface area contributed by atoms with Crippen LogP contribution in [0, 0.1) is 33.6 Å². The molecule has 0 radical (unpaired) electrons. The second kappa shape index (κ2) is 12.9. The zero-order chi connectivity index (χ0) is 28.8. The van der Waals surface area contributed by atoms with Gasteiger partial charge in [0, 0.05) is 12.2 Å². The lowest BCUT2D eigenvalue weighted by molar-refractivity contribution is -0.141. The van der Waals surface area contributed by atoms with E-state index >= 15 is 0 Å². The van der Waals surface area contributed by atoms with Crippen LogP contribution in [0.2, 0.25) is 0 Å². The molecule has 0 saturated carbocycles. The molecule has 38 heavy (non-hydrogen) atoms. The molecule has 2 aromatic carbocycles. The third-order valence-electron chi connectivity index (χ3n) is 6.88. The summed E-state index contributed by atoms with van der Waals surface area (Å²) < 4.78 is 5.46. The third kappa shape index (κ3) is 7.59. The van der Waals surface area contributed by atoms with E-state index in [0.29, 0.717) is 6.42 Å². The number of likely N-dealkylation sites (N-methyl/N-ethyl adjacent to an activating group) is 1. The summed E-state index contributed by atoms with van der Waals surface area (Å²) in [5.41, 5.74) is 4.53. The van der Waals surface area contributed by atoms with Gasteiger partial charge in [0.05, 0.1) is 0 Å². The summed E-state index contributed by atoms with van der Waals surface area (Å²) >= 11 is 0. The molecule has 7 heteroatoms. The number of carbonyl (C=O) groups excluding carboxylic acids is 3. The quantitative estimate of drug-likeness (QED) is 0.399. The fraction of sp³-hybridized carbons (Fsp3) is 0.516. The normalized spacial score (nSPS) is 13.7. The molecule has 0 bridgehead atoms. The van der Waals surface area contributed by atoms with Gasteiger partial charge in [-0.2, -0.15) is 0 Å². The predicted molar refractivity (Wildman–Crippen MR) is 153 cm³/mol. The highest BCUT2D eigenvalue weighted by Crippen LogP contribution is 2.31. The van der Waals surface area contributed by atoms with Crippen molar-refractivity contribution in [2.45, 2.75) is 93.3 Å². The van der Waals surface area contributed by atoms with E-state index in [0.717, 1.165) is 33.5 Å². The van der Waals surface area contributed by atoms with E-state index < -0.39 is 23.8 Å². The van der Waals surface area contributed by atoms with Crippen LogP contribution >= 0.6 is 0 Å². The first kappa shape index (κ1) is 30.9. The van der Waals surface area contributed by atoms with Crippen LogP contribution in [-0.4, -0.2) is 41.0 Å². The van der Waals surface area contributed by atoms with Crippen molar-refractivity contribution in [2.24, 2.45) is 5.92 Å². The average Bonchev–Trinajstić information content (AvgIpc) is 2.82. The Bertz CT molecular complexity index is 1110. The van der Waals surface area contributed by atoms with Crippen LogP contribution in [0.4, 0.5) is 10.5 Å². The van der Waals surface area contributed by atoms with Gasteiger partial charge < -0.3 is 20.3 Å². The first-order valence-corrected chi connectivity index (χ1v) is 13.4. The number of hydrogen-bond donors (Lipinski definition) is 2. The van der Waals surface area contributed by atoms with Gasteiger partial charge in [-0.1, -0.05) is 56.7 Å². The molecule has 2 N–H and O–H groups in total. The number of nitrogens with zero attached hydrogens (tertiary/aromatic N) is 1. The molecular weight excluding hydrogens is 478 g/mol. The molecule has 0 fully saturated rings. The van der Waals surface area contributed by atoms with Crippen molar-refractivity contribution in [3.05, 3.63) is 64.2 Å². The SMILES string of the molecule is CCC(C)C(NC(=O)OC(C)(C)C)C(=O)N(CC)C(C(=O)Nc1c(C)cccc1C)c1c(C)cccc1C. The lowest BCUT2D eigenvalue weighted by Gasteiger charge is -2.36. The Morgan fingerprint density at radius 3 is 1.84 bits per heavy atom. The first-order valence-electron chi connectivity index (χ1n) is 13.4. The van der Waals surface area contributed by atoms with E-state index in [-0.39, 0.29) is 24.3 Å². The average molecular weight is 524 g/mol. The van der Waals surface area contributed by atoms with Crippen molar-refractivity contribution in [1.82, 2.24) is 10.2 Å². The standard InChI is InChI=1S/C31H45N3O4/c1-11-19(3)26(33-30(37)38-31(8,9)10)29(36)34(12-2)27(24-20(4)15-13-16-21(24)5)28(35)32-25-22(6)17-14-18-23(25)7/h13-19,26-27H,11-12H2,1-10H3,(H,32,35)(H,33,37). The molecule has 0 aromatic heterocycles. The summed E-state index contributed by atoms with van der Waals surface area (Å²) in [5, 5.41) is 5.91. The fourth-order valence-electron chi connectivity index (χ4n) is 4.65. The van der Waals surface area contributed by atoms with Crippen LogP contribution in [0.3, 0.4) is 0 Å². The lowest BCUT2D eigenvalue weighted by Crippen LogP contribution is -2.54. The van der Waals surface area contributed by atoms with Crippen molar-refractivity contribution in [3.8, 4) is 0 Å². The van der Waals surface area contributed by atoms with Gasteiger partial charge in [-0.25, -0.2) is 4.79 Å². The summed E-state index contributed by atoms with van der Waals surface area (Å²) in [4.78, 5) is 42.6. The molecule has 2 aromatic rings. The third-order valence-corrected chi connectivity index (χ3v) is 6.88. The molecule has 208 valence electrons. The Morgan fingerprint density at radius 1 is 0.895 bits per heavy atom. The maximum Gasteiger partial charge on any atom is 0.408 e. The highest BCUT2D eigenvalue weighted by molar-refractivity contribution is 6.00. The number of benzene rings is 2. The minimum atomic E-state index is -0.889. The smallest absolute Gasteiger partial charge is 0.408 e. The molecule has 0 heterocycles. The largest absolute Gasteiger partial charge is 0.444 e. The molecule has 2 rings (SSSR count). The monoisotopic (exact) mass is 523 g/mol. The lowest BCUT2D eigenvalue weighted by atomic mass is 9.92. The maximum absolute atomic E-state index is 14.2. The van der Waals surface area contributed by atoms with Crippen LogP contribution in [0.5, 0.6) is 0 Å². The van der Waals surface area contributed by atoms with Gasteiger partial charge >= 0.3 is 6.09 Å². The Kier molecular flexibility index (Phi) is 10.5. The number of ether oxygens (including phenoxy) is 1. The molecule has 7 nitrogen and oxygen atoms in total. The van der Waals surface area contributed by atoms with Crippen molar-refractivity contribution < 1.29 is 19.1 Å². The van der Waals surface area contributed by atoms with Crippen LogP contribution in [0.15, 0.2) is 36.4 Å². The van der Waals surface area contributed by atoms with E-state index in [4.69, 9.17) is 4.74 Å². The molecule has 0 aliphatic carbocycles. The number of hydrogen-bond acceptors (Lipinski definition) is 4. The number of para-hydroxylation sites is 1. The van der Waals surface area contributed by atoms with Gasteiger partial charge in [-0.15, -0.1) is 0 Å². The van der Waals surface area contributed by atoms with Gasteiger partial charge in [0.2, 0.25) is 5.91 Å². The zero-order valence-corrected chi connectivity index (χ0v) is 24.7. The molecule has 3 amide bonds. The zero-order valence-electron chi connectivity index (χ0n) is 24.7. The molecule has 3 atom stereocenters. The van der Waals surface area contributed by atoms with E-state index in [2.05, 4.69) is 10.6 Å². The second-order valence-corrected chi connectivity index (χ2v) is 11.1. The molecule has 0 spiro atoms. The topological polar surface area (TPSA) is 87.7 Å². The number of aryl methyl sites for hydroxylation is 4. The number of rotatable bonds is 9. The highest BCUT2D eigenvalue weighted by atomic mass is 16.6. The predicted octanol–water partition coefficient (Wildman–Crippen LogP) is 6.39. The number of carbonyl (C=O) groups is 3. The van der Waals surface area contributed by atoms with Crippen LogP contribution in [0.25, 0.3) is 0 Å². The molecule has 0 aliphatic heterocycles. The van der Waals surface area contributed by atoms with Crippen molar-refractivity contribution in [3.63, 3.8) is 0 Å². The van der Waals surface area contributed by atoms with Crippen molar-refractivity contribution >= 4 is 23.6 Å². The Morgan fingerprint density at radius 2 is 1.39 bits per heavy atom. The maximum atomic E-state index is 14.2. The fourth-order valence-corrected chi connectivity index (χ4v) is 4.65. The molecule has 0 aliphatic rings. The van der Waals surface area contributed by atoms with Crippen molar-refractivity contribution in [1.29, 1.82) is 0 Å². The number of nitrogens with one attached hydrogen (secondary N) is 2. The number of anilines is 1. The van der Waals surface area contributed by atoms with Crippen LogP contribution < -0.4 is 10.6 Å². The van der Waals surface area contributed by atoms with E-state index in [9.17, 15) is 14.4 Å². The highest BCUT2D eigenvalue weighted by Gasteiger charge is 2.38. The van der Waals surface area contributed by atoms with Gasteiger partial charge in [0.15, 0.2) is 0 Å². The minimum absolute atomic E-state index is 0.177. The molecule has 3 unspecified atom stereocenters. The Balaban J connectivity index is 2.59.